The number of H-pyrrole nitrogens is 1. The van der Waals surface area contributed by atoms with Crippen LogP contribution in [0.1, 0.15) is 55.2 Å². The van der Waals surface area contributed by atoms with Crippen molar-refractivity contribution in [2.75, 3.05) is 19.8 Å². The van der Waals surface area contributed by atoms with Crippen molar-refractivity contribution in [3.05, 3.63) is 69.3 Å². The second-order valence-corrected chi connectivity index (χ2v) is 8.38. The summed E-state index contributed by atoms with van der Waals surface area (Å²) in [5.41, 5.74) is 5.86. The summed E-state index contributed by atoms with van der Waals surface area (Å²) in [6.45, 7) is 5.94. The van der Waals surface area contributed by atoms with Crippen molar-refractivity contribution in [1.82, 2.24) is 4.98 Å². The largest absolute Gasteiger partial charge is 0.513 e. The van der Waals surface area contributed by atoms with Crippen molar-refractivity contribution >= 4 is 34.7 Å². The van der Waals surface area contributed by atoms with Crippen LogP contribution in [0.4, 0.5) is 4.79 Å². The fraction of sp³-hybridized carbons (Fsp3) is 0.333. The summed E-state index contributed by atoms with van der Waals surface area (Å²) in [5.74, 6) is -0.418. The molecule has 0 bridgehead atoms. The second kappa shape index (κ2) is 9.49. The van der Waals surface area contributed by atoms with E-state index in [0.29, 0.717) is 53.1 Å². The standard InChI is InChI=1S/C27H26N2O7/c1-4-33-25(30)14-10-11-15-18-13-20(36-27(32)35-6-3)21-16-8-7-9-17(26(31)34-5-2)22(16)29-24(21)23(18)28-19(15)12-14/h9-12,28H,4-8,13H2,1-3H3. The van der Waals surface area contributed by atoms with Crippen molar-refractivity contribution in [3.63, 3.8) is 0 Å². The van der Waals surface area contributed by atoms with E-state index in [0.717, 1.165) is 27.7 Å². The van der Waals surface area contributed by atoms with Gasteiger partial charge < -0.3 is 23.9 Å². The fourth-order valence-corrected chi connectivity index (χ4v) is 4.86. The SMILES string of the molecule is CCOC(=O)OC1=C2C(=NC3=C2CCC=C3C(=O)OCC)c2[nH]c3cc(C(=O)OCC)ccc3c2C1. The van der Waals surface area contributed by atoms with Gasteiger partial charge in [-0.05, 0) is 56.9 Å². The molecule has 2 aliphatic carbocycles. The molecule has 0 fully saturated rings. The zero-order valence-corrected chi connectivity index (χ0v) is 20.4. The van der Waals surface area contributed by atoms with Crippen LogP contribution in [0.2, 0.25) is 0 Å². The number of aromatic amines is 1. The van der Waals surface area contributed by atoms with Crippen LogP contribution >= 0.6 is 0 Å². The van der Waals surface area contributed by atoms with Crippen LogP contribution in [0.25, 0.3) is 10.9 Å². The van der Waals surface area contributed by atoms with Crippen LogP contribution < -0.4 is 0 Å². The molecule has 0 atom stereocenters. The van der Waals surface area contributed by atoms with Gasteiger partial charge in [0.2, 0.25) is 0 Å². The van der Waals surface area contributed by atoms with E-state index in [4.69, 9.17) is 23.9 Å². The number of hydrogen-bond acceptors (Lipinski definition) is 8. The van der Waals surface area contributed by atoms with E-state index in [9.17, 15) is 14.4 Å². The summed E-state index contributed by atoms with van der Waals surface area (Å²) in [6, 6.07) is 5.29. The Balaban J connectivity index is 1.64. The highest BCUT2D eigenvalue weighted by atomic mass is 16.7. The highest BCUT2D eigenvalue weighted by Crippen LogP contribution is 2.45. The Morgan fingerprint density at radius 1 is 1.00 bits per heavy atom. The van der Waals surface area contributed by atoms with Gasteiger partial charge in [0.25, 0.3) is 0 Å². The monoisotopic (exact) mass is 490 g/mol. The Hall–Kier alpha value is -4.14. The lowest BCUT2D eigenvalue weighted by molar-refractivity contribution is -0.138. The Morgan fingerprint density at radius 2 is 1.75 bits per heavy atom. The molecule has 0 saturated carbocycles. The zero-order chi connectivity index (χ0) is 25.4. The van der Waals surface area contributed by atoms with E-state index in [-0.39, 0.29) is 19.8 Å². The molecular weight excluding hydrogens is 464 g/mol. The molecule has 186 valence electrons. The van der Waals surface area contributed by atoms with E-state index < -0.39 is 18.1 Å². The molecular formula is C27H26N2O7. The molecule has 36 heavy (non-hydrogen) atoms. The van der Waals surface area contributed by atoms with Crippen molar-refractivity contribution in [1.29, 1.82) is 0 Å². The summed E-state index contributed by atoms with van der Waals surface area (Å²) >= 11 is 0. The van der Waals surface area contributed by atoms with Gasteiger partial charge >= 0.3 is 18.1 Å². The number of hydrogen-bond donors (Lipinski definition) is 1. The predicted octanol–water partition coefficient (Wildman–Crippen LogP) is 4.67. The van der Waals surface area contributed by atoms with E-state index in [1.807, 2.05) is 12.1 Å². The molecule has 0 saturated heterocycles. The molecule has 3 aliphatic rings. The number of carbonyl (C=O) groups is 3. The minimum atomic E-state index is -0.793. The lowest BCUT2D eigenvalue weighted by Gasteiger charge is -2.21. The lowest BCUT2D eigenvalue weighted by Crippen LogP contribution is -2.20. The molecule has 1 aromatic carbocycles. The molecule has 9 heteroatoms. The summed E-state index contributed by atoms with van der Waals surface area (Å²) in [4.78, 5) is 45.5. The smallest absolute Gasteiger partial charge is 0.462 e. The Bertz CT molecular complexity index is 1420. The van der Waals surface area contributed by atoms with Crippen LogP contribution in [-0.4, -0.2) is 48.6 Å². The number of nitrogens with one attached hydrogen (secondary N) is 1. The number of carbonyl (C=O) groups excluding carboxylic acids is 3. The number of allylic oxidation sites excluding steroid dienone is 4. The summed E-state index contributed by atoms with van der Waals surface area (Å²) in [7, 11) is 0. The van der Waals surface area contributed by atoms with Gasteiger partial charge in [0.15, 0.2) is 0 Å². The molecule has 0 unspecified atom stereocenters. The zero-order valence-electron chi connectivity index (χ0n) is 20.4. The first-order valence-electron chi connectivity index (χ1n) is 12.1. The molecule has 1 aromatic heterocycles. The first-order chi connectivity index (χ1) is 17.5. The number of rotatable bonds is 6. The minimum absolute atomic E-state index is 0.182. The topological polar surface area (TPSA) is 116 Å². The normalized spacial score (nSPS) is 16.1. The number of ether oxygens (including phenoxy) is 4. The Labute approximate surface area is 207 Å². The number of aromatic nitrogens is 1. The second-order valence-electron chi connectivity index (χ2n) is 8.38. The third kappa shape index (κ3) is 3.90. The molecule has 0 spiro atoms. The van der Waals surface area contributed by atoms with Crippen LogP contribution in [0.3, 0.4) is 0 Å². The van der Waals surface area contributed by atoms with Crippen molar-refractivity contribution in [2.24, 2.45) is 4.99 Å². The number of esters is 2. The average Bonchev–Trinajstić information content (AvgIpc) is 3.43. The quantitative estimate of drug-likeness (QED) is 0.462. The van der Waals surface area contributed by atoms with Gasteiger partial charge in [-0.25, -0.2) is 19.4 Å². The molecule has 2 aromatic rings. The van der Waals surface area contributed by atoms with Crippen LogP contribution in [0.15, 0.2) is 57.4 Å². The number of fused-ring (bicyclic) bond motifs is 6. The number of nitrogens with zero attached hydrogens (tertiary/aromatic N) is 1. The van der Waals surface area contributed by atoms with Gasteiger partial charge in [0.05, 0.1) is 48.1 Å². The Kier molecular flexibility index (Phi) is 6.22. The van der Waals surface area contributed by atoms with Gasteiger partial charge in [0.1, 0.15) is 5.76 Å². The molecule has 5 rings (SSSR count). The van der Waals surface area contributed by atoms with E-state index in [2.05, 4.69) is 4.98 Å². The van der Waals surface area contributed by atoms with Gasteiger partial charge in [-0.15, -0.1) is 0 Å². The molecule has 0 amide bonds. The lowest BCUT2D eigenvalue weighted by atomic mass is 9.85. The van der Waals surface area contributed by atoms with E-state index >= 15 is 0 Å². The van der Waals surface area contributed by atoms with E-state index in [1.54, 1.807) is 32.9 Å². The van der Waals surface area contributed by atoms with Crippen molar-refractivity contribution in [2.45, 2.75) is 40.0 Å². The maximum Gasteiger partial charge on any atom is 0.513 e. The highest BCUT2D eigenvalue weighted by molar-refractivity contribution is 6.22. The minimum Gasteiger partial charge on any atom is -0.462 e. The third-order valence-corrected chi connectivity index (χ3v) is 6.28. The maximum atomic E-state index is 12.7. The van der Waals surface area contributed by atoms with Crippen LogP contribution in [0, 0.1) is 0 Å². The van der Waals surface area contributed by atoms with Gasteiger partial charge in [0, 0.05) is 22.9 Å². The number of aliphatic imine (C=N–C) groups is 1. The van der Waals surface area contributed by atoms with Crippen molar-refractivity contribution in [3.8, 4) is 0 Å². The molecule has 2 heterocycles. The Morgan fingerprint density at radius 3 is 2.50 bits per heavy atom. The summed E-state index contributed by atoms with van der Waals surface area (Å²) < 4.78 is 21.1. The predicted molar refractivity (Wildman–Crippen MR) is 131 cm³/mol. The van der Waals surface area contributed by atoms with Gasteiger partial charge in [-0.2, -0.15) is 0 Å². The average molecular weight is 491 g/mol. The van der Waals surface area contributed by atoms with Crippen molar-refractivity contribution < 1.29 is 33.3 Å². The highest BCUT2D eigenvalue weighted by Gasteiger charge is 2.39. The molecule has 1 aliphatic heterocycles. The first-order valence-corrected chi connectivity index (χ1v) is 12.1. The van der Waals surface area contributed by atoms with E-state index in [1.165, 1.54) is 0 Å². The van der Waals surface area contributed by atoms with Gasteiger partial charge in [-0.1, -0.05) is 12.1 Å². The van der Waals surface area contributed by atoms with Gasteiger partial charge in [-0.3, -0.25) is 0 Å². The first kappa shape index (κ1) is 23.6. The third-order valence-electron chi connectivity index (χ3n) is 6.28. The molecule has 0 radical (unpaired) electrons. The molecule has 1 N–H and O–H groups in total. The van der Waals surface area contributed by atoms with Crippen LogP contribution in [0.5, 0.6) is 0 Å². The summed E-state index contributed by atoms with van der Waals surface area (Å²) in [5, 5.41) is 0.871. The molecule has 9 nitrogen and oxygen atoms in total. The maximum absolute atomic E-state index is 12.7. The number of benzene rings is 1. The fourth-order valence-electron chi connectivity index (χ4n) is 4.86. The van der Waals surface area contributed by atoms with Crippen LogP contribution in [-0.2, 0) is 30.2 Å². The summed E-state index contributed by atoms with van der Waals surface area (Å²) in [6.07, 6.45) is 2.63.